The van der Waals surface area contributed by atoms with E-state index in [4.69, 9.17) is 4.98 Å². The van der Waals surface area contributed by atoms with Gasteiger partial charge in [0.2, 0.25) is 5.91 Å². The molecule has 1 aliphatic carbocycles. The molecule has 4 nitrogen and oxygen atoms in total. The molecule has 1 N–H and O–H groups in total. The number of carbonyl (C=O) groups excluding carboxylic acids is 1. The molecule has 0 bridgehead atoms. The fourth-order valence-corrected chi connectivity index (χ4v) is 5.00. The lowest BCUT2D eigenvalue weighted by atomic mass is 9.94. The lowest BCUT2D eigenvalue weighted by Gasteiger charge is -2.24. The number of nitriles is 1. The zero-order chi connectivity index (χ0) is 18.0. The van der Waals surface area contributed by atoms with Gasteiger partial charge in [0.05, 0.1) is 5.57 Å². The van der Waals surface area contributed by atoms with Gasteiger partial charge in [-0.1, -0.05) is 37.9 Å². The van der Waals surface area contributed by atoms with Gasteiger partial charge in [0, 0.05) is 28.6 Å². The molecule has 0 atom stereocenters. The van der Waals surface area contributed by atoms with E-state index in [0.29, 0.717) is 11.3 Å². The lowest BCUT2D eigenvalue weighted by Crippen LogP contribution is -2.31. The number of hydrogen-bond acceptors (Lipinski definition) is 4. The number of hydrogen-bond donors (Lipinski definition) is 1. The Hall–Kier alpha value is -1.80. The van der Waals surface area contributed by atoms with E-state index in [0.717, 1.165) is 66.1 Å². The number of amides is 1. The molecule has 1 aromatic rings. The van der Waals surface area contributed by atoms with Gasteiger partial charge in [-0.25, -0.2) is 4.98 Å². The van der Waals surface area contributed by atoms with Crippen LogP contribution in [0.5, 0.6) is 0 Å². The largest absolute Gasteiger partial charge is 0.327 e. The van der Waals surface area contributed by atoms with Crippen molar-refractivity contribution in [2.75, 3.05) is 5.75 Å². The average molecular weight is 356 g/mol. The topological polar surface area (TPSA) is 65.8 Å². The molecule has 0 unspecified atom stereocenters. The summed E-state index contributed by atoms with van der Waals surface area (Å²) < 4.78 is 0. The lowest BCUT2D eigenvalue weighted by molar-refractivity contribution is -0.124. The molecular weight excluding hydrogens is 330 g/mol. The first-order valence-corrected chi connectivity index (χ1v) is 10.1. The van der Waals surface area contributed by atoms with Crippen molar-refractivity contribution in [2.24, 2.45) is 5.92 Å². The molecule has 1 aliphatic heterocycles. The van der Waals surface area contributed by atoms with Gasteiger partial charge in [0.15, 0.2) is 0 Å². The standard InChI is InChI=1S/C20H25N3OS/c1-4-7-15-12(2)18-16(10-21)17(11-25-20(18)22-13(15)3)23-19(24)14-8-5-6-9-14/h14H,4-9,11H2,1-3H3,(H,23,24). The van der Waals surface area contributed by atoms with Crippen LogP contribution in [0.2, 0.25) is 0 Å². The summed E-state index contributed by atoms with van der Waals surface area (Å²) in [4.78, 5) is 17.3. The van der Waals surface area contributed by atoms with E-state index in [1.807, 2.05) is 6.92 Å². The highest BCUT2D eigenvalue weighted by atomic mass is 32.2. The number of aromatic nitrogens is 1. The highest BCUT2D eigenvalue weighted by Gasteiger charge is 2.28. The number of fused-ring (bicyclic) bond motifs is 1. The molecule has 0 aromatic carbocycles. The van der Waals surface area contributed by atoms with Crippen molar-refractivity contribution in [1.29, 1.82) is 5.26 Å². The summed E-state index contributed by atoms with van der Waals surface area (Å²) >= 11 is 1.62. The summed E-state index contributed by atoms with van der Waals surface area (Å²) in [6.45, 7) is 6.28. The van der Waals surface area contributed by atoms with E-state index in [1.54, 1.807) is 11.8 Å². The molecule has 1 aromatic heterocycles. The molecule has 0 saturated heterocycles. The molecule has 3 rings (SSSR count). The first kappa shape index (κ1) is 18.0. The van der Waals surface area contributed by atoms with Gasteiger partial charge in [-0.2, -0.15) is 5.26 Å². The van der Waals surface area contributed by atoms with E-state index in [-0.39, 0.29) is 11.8 Å². The third-order valence-electron chi connectivity index (χ3n) is 5.26. The van der Waals surface area contributed by atoms with Gasteiger partial charge >= 0.3 is 0 Å². The quantitative estimate of drug-likeness (QED) is 0.874. The van der Waals surface area contributed by atoms with Crippen LogP contribution in [-0.4, -0.2) is 16.6 Å². The van der Waals surface area contributed by atoms with Crippen molar-refractivity contribution in [1.82, 2.24) is 10.3 Å². The van der Waals surface area contributed by atoms with Crippen LogP contribution in [0.3, 0.4) is 0 Å². The molecule has 0 radical (unpaired) electrons. The number of allylic oxidation sites excluding steroid dienone is 1. The van der Waals surface area contributed by atoms with Crippen molar-refractivity contribution in [3.8, 4) is 6.07 Å². The second-order valence-electron chi connectivity index (χ2n) is 6.96. The van der Waals surface area contributed by atoms with Gasteiger partial charge in [0.25, 0.3) is 0 Å². The second-order valence-corrected chi connectivity index (χ2v) is 7.92. The third kappa shape index (κ3) is 3.46. The molecule has 5 heteroatoms. The van der Waals surface area contributed by atoms with E-state index in [2.05, 4.69) is 25.2 Å². The number of nitrogens with zero attached hydrogens (tertiary/aromatic N) is 2. The van der Waals surface area contributed by atoms with Crippen LogP contribution in [0.15, 0.2) is 10.7 Å². The Labute approximate surface area is 154 Å². The summed E-state index contributed by atoms with van der Waals surface area (Å²) in [5.41, 5.74) is 5.71. The summed E-state index contributed by atoms with van der Waals surface area (Å²) in [7, 11) is 0. The molecule has 2 heterocycles. The fourth-order valence-electron chi connectivity index (χ4n) is 3.90. The SMILES string of the molecule is CCCc1c(C)nc2c(c1C)C(C#N)=C(NC(=O)C1CCCC1)CS2. The molecule has 1 saturated carbocycles. The minimum absolute atomic E-state index is 0.0794. The number of thioether (sulfide) groups is 1. The fraction of sp³-hybridized carbons (Fsp3) is 0.550. The number of rotatable bonds is 4. The summed E-state index contributed by atoms with van der Waals surface area (Å²) in [6, 6.07) is 2.35. The van der Waals surface area contributed by atoms with Crippen LogP contribution in [0.25, 0.3) is 5.57 Å². The Bertz CT molecular complexity index is 770. The predicted molar refractivity (Wildman–Crippen MR) is 101 cm³/mol. The summed E-state index contributed by atoms with van der Waals surface area (Å²) in [5.74, 6) is 0.787. The maximum Gasteiger partial charge on any atom is 0.227 e. The van der Waals surface area contributed by atoms with E-state index in [9.17, 15) is 10.1 Å². The Balaban J connectivity index is 2.00. The first-order valence-electron chi connectivity index (χ1n) is 9.14. The monoisotopic (exact) mass is 355 g/mol. The van der Waals surface area contributed by atoms with E-state index in [1.165, 1.54) is 5.56 Å². The molecule has 132 valence electrons. The predicted octanol–water partition coefficient (Wildman–Crippen LogP) is 4.30. The Morgan fingerprint density at radius 1 is 1.36 bits per heavy atom. The normalized spacial score (nSPS) is 17.4. The van der Waals surface area contributed by atoms with Crippen LogP contribution >= 0.6 is 11.8 Å². The van der Waals surface area contributed by atoms with Gasteiger partial charge in [-0.05, 0) is 44.2 Å². The first-order chi connectivity index (χ1) is 12.1. The Kier molecular flexibility index (Phi) is 5.48. The zero-order valence-electron chi connectivity index (χ0n) is 15.2. The van der Waals surface area contributed by atoms with Gasteiger partial charge in [-0.3, -0.25) is 4.79 Å². The van der Waals surface area contributed by atoms with Crippen molar-refractivity contribution in [3.05, 3.63) is 28.1 Å². The number of pyridine rings is 1. The minimum Gasteiger partial charge on any atom is -0.327 e. The highest BCUT2D eigenvalue weighted by molar-refractivity contribution is 7.99. The average Bonchev–Trinajstić information content (AvgIpc) is 3.13. The van der Waals surface area contributed by atoms with Crippen LogP contribution in [0.4, 0.5) is 0 Å². The smallest absolute Gasteiger partial charge is 0.227 e. The number of aryl methyl sites for hydroxylation is 1. The maximum atomic E-state index is 12.5. The minimum atomic E-state index is 0.0794. The van der Waals surface area contributed by atoms with Crippen LogP contribution in [0.1, 0.15) is 61.4 Å². The van der Waals surface area contributed by atoms with Gasteiger partial charge < -0.3 is 5.32 Å². The third-order valence-corrected chi connectivity index (χ3v) is 6.27. The van der Waals surface area contributed by atoms with Gasteiger partial charge in [0.1, 0.15) is 11.1 Å². The van der Waals surface area contributed by atoms with Crippen molar-refractivity contribution < 1.29 is 4.79 Å². The molecule has 1 fully saturated rings. The van der Waals surface area contributed by atoms with Crippen LogP contribution in [-0.2, 0) is 11.2 Å². The van der Waals surface area contributed by atoms with Crippen molar-refractivity contribution in [2.45, 2.75) is 64.3 Å². The molecule has 25 heavy (non-hydrogen) atoms. The Morgan fingerprint density at radius 3 is 2.72 bits per heavy atom. The van der Waals surface area contributed by atoms with E-state index < -0.39 is 0 Å². The highest BCUT2D eigenvalue weighted by Crippen LogP contribution is 2.39. The number of carbonyl (C=O) groups is 1. The molecule has 2 aliphatic rings. The zero-order valence-corrected chi connectivity index (χ0v) is 16.1. The molecule has 1 amide bonds. The van der Waals surface area contributed by atoms with Crippen molar-refractivity contribution in [3.63, 3.8) is 0 Å². The van der Waals surface area contributed by atoms with Crippen molar-refractivity contribution >= 4 is 23.2 Å². The summed E-state index contributed by atoms with van der Waals surface area (Å²) in [5, 5.41) is 13.8. The molecular formula is C20H25N3OS. The molecule has 0 spiro atoms. The Morgan fingerprint density at radius 2 is 2.08 bits per heavy atom. The van der Waals surface area contributed by atoms with Gasteiger partial charge in [-0.15, -0.1) is 0 Å². The maximum absolute atomic E-state index is 12.5. The van der Waals surface area contributed by atoms with Crippen LogP contribution in [0, 0.1) is 31.1 Å². The number of nitrogens with one attached hydrogen (secondary N) is 1. The van der Waals surface area contributed by atoms with Crippen LogP contribution < -0.4 is 5.32 Å². The summed E-state index contributed by atoms with van der Waals surface area (Å²) in [6.07, 6.45) is 6.19. The second kappa shape index (κ2) is 7.61. The van der Waals surface area contributed by atoms with E-state index >= 15 is 0 Å².